The maximum Gasteiger partial charge on any atom is 0.261 e. The van der Waals surface area contributed by atoms with Gasteiger partial charge >= 0.3 is 0 Å². The highest BCUT2D eigenvalue weighted by molar-refractivity contribution is 7.92. The minimum Gasteiger partial charge on any atom is -0.493 e. The molecule has 0 aromatic heterocycles. The van der Waals surface area contributed by atoms with Gasteiger partial charge in [-0.2, -0.15) is 0 Å². The van der Waals surface area contributed by atoms with Crippen molar-refractivity contribution in [3.8, 4) is 11.5 Å². The zero-order chi connectivity index (χ0) is 21.9. The van der Waals surface area contributed by atoms with Gasteiger partial charge in [0.15, 0.2) is 11.5 Å². The topological polar surface area (TPSA) is 84.9 Å². The minimum atomic E-state index is -3.91. The predicted molar refractivity (Wildman–Crippen MR) is 117 cm³/mol. The summed E-state index contributed by atoms with van der Waals surface area (Å²) in [5, 5.41) is 11.4. The van der Waals surface area contributed by atoms with Gasteiger partial charge in [-0.25, -0.2) is 8.42 Å². The minimum absolute atomic E-state index is 0.0982. The number of anilines is 1. The molecule has 0 aliphatic rings. The van der Waals surface area contributed by atoms with Gasteiger partial charge in [0.1, 0.15) is 6.10 Å². The van der Waals surface area contributed by atoms with Gasteiger partial charge in [0.2, 0.25) is 0 Å². The van der Waals surface area contributed by atoms with Gasteiger partial charge in [-0.1, -0.05) is 47.5 Å². The average Bonchev–Trinajstić information content (AvgIpc) is 2.73. The molecule has 158 valence electrons. The number of aliphatic hydroxyl groups is 1. The predicted octanol–water partition coefficient (Wildman–Crippen LogP) is 4.55. The Morgan fingerprint density at radius 3 is 2.13 bits per heavy atom. The van der Waals surface area contributed by atoms with Crippen molar-refractivity contribution in [1.82, 2.24) is 0 Å². The van der Waals surface area contributed by atoms with E-state index in [-0.39, 0.29) is 16.1 Å². The number of methoxy groups -OCH3 is 2. The van der Waals surface area contributed by atoms with Crippen molar-refractivity contribution < 1.29 is 23.0 Å². The van der Waals surface area contributed by atoms with Crippen LogP contribution >= 0.6 is 11.6 Å². The van der Waals surface area contributed by atoms with Crippen molar-refractivity contribution >= 4 is 27.3 Å². The summed E-state index contributed by atoms with van der Waals surface area (Å²) in [6.45, 7) is 1.87. The molecule has 0 radical (unpaired) electrons. The second kappa shape index (κ2) is 8.95. The molecule has 0 spiro atoms. The number of sulfonamides is 1. The number of aryl methyl sites for hydroxylation is 1. The van der Waals surface area contributed by atoms with E-state index in [0.29, 0.717) is 22.1 Å². The highest BCUT2D eigenvalue weighted by atomic mass is 35.5. The number of hydrogen-bond donors (Lipinski definition) is 2. The van der Waals surface area contributed by atoms with Crippen LogP contribution in [0.1, 0.15) is 22.8 Å². The van der Waals surface area contributed by atoms with E-state index in [1.807, 2.05) is 6.92 Å². The summed E-state index contributed by atoms with van der Waals surface area (Å²) in [5.74, 6) is 0.658. The van der Waals surface area contributed by atoms with E-state index in [1.165, 1.54) is 38.5 Å². The standard InChI is InChI=1S/C22H22ClNO5S/c1-14-8-10-15(11-9-14)30(26,27)24-19-13-21(29-3)20(28-2)12-17(19)22(25)16-6-4-5-7-18(16)23/h4-13,22,24-25H,1-3H3/t22-/m0/s1. The van der Waals surface area contributed by atoms with E-state index >= 15 is 0 Å². The Kier molecular flexibility index (Phi) is 6.55. The lowest BCUT2D eigenvalue weighted by molar-refractivity contribution is 0.220. The molecule has 0 bridgehead atoms. The van der Waals surface area contributed by atoms with Crippen molar-refractivity contribution in [3.05, 3.63) is 82.4 Å². The van der Waals surface area contributed by atoms with Gasteiger partial charge in [0.25, 0.3) is 10.0 Å². The van der Waals surface area contributed by atoms with Gasteiger partial charge < -0.3 is 14.6 Å². The third-order valence-corrected chi connectivity index (χ3v) is 6.35. The molecule has 0 amide bonds. The molecule has 8 heteroatoms. The van der Waals surface area contributed by atoms with Crippen molar-refractivity contribution in [2.24, 2.45) is 0 Å². The second-order valence-electron chi connectivity index (χ2n) is 6.64. The van der Waals surface area contributed by atoms with Gasteiger partial charge in [0.05, 0.1) is 24.8 Å². The number of hydrogen-bond acceptors (Lipinski definition) is 5. The highest BCUT2D eigenvalue weighted by Crippen LogP contribution is 2.40. The van der Waals surface area contributed by atoms with E-state index in [9.17, 15) is 13.5 Å². The summed E-state index contributed by atoms with van der Waals surface area (Å²) in [6.07, 6.45) is -1.20. The van der Waals surface area contributed by atoms with Crippen LogP contribution < -0.4 is 14.2 Å². The number of nitrogens with one attached hydrogen (secondary N) is 1. The average molecular weight is 448 g/mol. The molecule has 0 fully saturated rings. The Labute approximate surface area is 181 Å². The van der Waals surface area contributed by atoms with E-state index < -0.39 is 16.1 Å². The molecule has 3 aromatic rings. The first-order valence-corrected chi connectivity index (χ1v) is 10.9. The first-order valence-electron chi connectivity index (χ1n) is 9.04. The molecule has 30 heavy (non-hydrogen) atoms. The van der Waals surface area contributed by atoms with Gasteiger partial charge in [-0.05, 0) is 31.2 Å². The molecule has 3 aromatic carbocycles. The first kappa shape index (κ1) is 22.0. The number of halogens is 1. The zero-order valence-electron chi connectivity index (χ0n) is 16.7. The summed E-state index contributed by atoms with van der Waals surface area (Å²) >= 11 is 6.24. The van der Waals surface area contributed by atoms with Crippen LogP contribution in [0.15, 0.2) is 65.6 Å². The molecule has 2 N–H and O–H groups in total. The van der Waals surface area contributed by atoms with Crippen molar-refractivity contribution in [2.75, 3.05) is 18.9 Å². The second-order valence-corrected chi connectivity index (χ2v) is 8.73. The lowest BCUT2D eigenvalue weighted by atomic mass is 9.99. The molecule has 0 aliphatic carbocycles. The maximum absolute atomic E-state index is 13.0. The van der Waals surface area contributed by atoms with Crippen LogP contribution in [0.25, 0.3) is 0 Å². The summed E-state index contributed by atoms with van der Waals surface area (Å²) in [5.41, 5.74) is 1.80. The highest BCUT2D eigenvalue weighted by Gasteiger charge is 2.24. The van der Waals surface area contributed by atoms with Crippen molar-refractivity contribution in [1.29, 1.82) is 0 Å². The zero-order valence-corrected chi connectivity index (χ0v) is 18.3. The van der Waals surface area contributed by atoms with Gasteiger partial charge in [0, 0.05) is 22.2 Å². The summed E-state index contributed by atoms with van der Waals surface area (Å²) in [4.78, 5) is 0.0982. The number of ether oxygens (including phenoxy) is 2. The SMILES string of the molecule is COc1cc(NS(=O)(=O)c2ccc(C)cc2)c([C@@H](O)c2ccccc2Cl)cc1OC. The van der Waals surface area contributed by atoms with Crippen LogP contribution in [0, 0.1) is 6.92 Å². The third kappa shape index (κ3) is 4.53. The molecule has 0 aliphatic heterocycles. The molecule has 0 saturated heterocycles. The molecule has 1 atom stereocenters. The molecule has 0 saturated carbocycles. The van der Waals surface area contributed by atoms with Crippen LogP contribution in [0.5, 0.6) is 11.5 Å². The third-order valence-electron chi connectivity index (χ3n) is 4.63. The first-order chi connectivity index (χ1) is 14.3. The van der Waals surface area contributed by atoms with E-state index in [2.05, 4.69) is 4.72 Å². The molecule has 0 heterocycles. The Morgan fingerprint density at radius 1 is 0.933 bits per heavy atom. The normalized spacial score (nSPS) is 12.3. The fourth-order valence-electron chi connectivity index (χ4n) is 2.99. The molecule has 6 nitrogen and oxygen atoms in total. The van der Waals surface area contributed by atoms with Crippen LogP contribution in [0.4, 0.5) is 5.69 Å². The summed E-state index contributed by atoms with van der Waals surface area (Å²) in [7, 11) is -1.01. The lowest BCUT2D eigenvalue weighted by Gasteiger charge is -2.21. The summed E-state index contributed by atoms with van der Waals surface area (Å²) < 4.78 is 39.1. The number of rotatable bonds is 7. The Hall–Kier alpha value is -2.74. The molecular formula is C22H22ClNO5S. The van der Waals surface area contributed by atoms with Crippen molar-refractivity contribution in [3.63, 3.8) is 0 Å². The monoisotopic (exact) mass is 447 g/mol. The summed E-state index contributed by atoms with van der Waals surface area (Å²) in [6, 6.07) is 16.3. The quantitative estimate of drug-likeness (QED) is 0.555. The molecule has 3 rings (SSSR count). The lowest BCUT2D eigenvalue weighted by Crippen LogP contribution is -2.16. The van der Waals surface area contributed by atoms with Gasteiger partial charge in [-0.15, -0.1) is 0 Å². The smallest absolute Gasteiger partial charge is 0.261 e. The van der Waals surface area contributed by atoms with E-state index in [0.717, 1.165) is 5.56 Å². The van der Waals surface area contributed by atoms with Crippen LogP contribution in [-0.4, -0.2) is 27.7 Å². The van der Waals surface area contributed by atoms with Crippen LogP contribution in [0.3, 0.4) is 0 Å². The van der Waals surface area contributed by atoms with Crippen LogP contribution in [0.2, 0.25) is 5.02 Å². The molecular weight excluding hydrogens is 426 g/mol. The molecule has 0 unspecified atom stereocenters. The maximum atomic E-state index is 13.0. The van der Waals surface area contributed by atoms with E-state index in [1.54, 1.807) is 36.4 Å². The van der Waals surface area contributed by atoms with E-state index in [4.69, 9.17) is 21.1 Å². The van der Waals surface area contributed by atoms with Gasteiger partial charge in [-0.3, -0.25) is 4.72 Å². The fourth-order valence-corrected chi connectivity index (χ4v) is 4.31. The Balaban J connectivity index is 2.12. The Morgan fingerprint density at radius 2 is 1.53 bits per heavy atom. The largest absolute Gasteiger partial charge is 0.493 e. The van der Waals surface area contributed by atoms with Crippen molar-refractivity contribution in [2.45, 2.75) is 17.9 Å². The number of aliphatic hydroxyl groups excluding tert-OH is 1. The number of benzene rings is 3. The van der Waals surface area contributed by atoms with Crippen LogP contribution in [-0.2, 0) is 10.0 Å². The Bertz CT molecular complexity index is 1150. The fraction of sp³-hybridized carbons (Fsp3) is 0.182.